The Morgan fingerprint density at radius 1 is 1.24 bits per heavy atom. The van der Waals surface area contributed by atoms with Crippen molar-refractivity contribution < 1.29 is 4.74 Å². The summed E-state index contributed by atoms with van der Waals surface area (Å²) in [5.41, 5.74) is 1.43. The van der Waals surface area contributed by atoms with Crippen LogP contribution < -0.4 is 10.1 Å². The van der Waals surface area contributed by atoms with E-state index >= 15 is 0 Å². The fourth-order valence-electron chi connectivity index (χ4n) is 3.47. The van der Waals surface area contributed by atoms with E-state index in [4.69, 9.17) is 4.74 Å². The molecular weight excluding hydrogens is 210 g/mol. The minimum absolute atomic E-state index is 0.796. The molecule has 92 valence electrons. The van der Waals surface area contributed by atoms with Crippen molar-refractivity contribution in [1.29, 1.82) is 0 Å². The summed E-state index contributed by atoms with van der Waals surface area (Å²) in [6.07, 6.45) is 6.70. The van der Waals surface area contributed by atoms with Gasteiger partial charge in [-0.25, -0.2) is 0 Å². The fourth-order valence-corrected chi connectivity index (χ4v) is 3.47. The molecule has 3 rings (SSSR count). The van der Waals surface area contributed by atoms with Crippen LogP contribution in [0.25, 0.3) is 0 Å². The Morgan fingerprint density at radius 3 is 2.71 bits per heavy atom. The number of ether oxygens (including phenoxy) is 1. The minimum Gasteiger partial charge on any atom is -0.497 e. The molecule has 2 unspecified atom stereocenters. The first-order chi connectivity index (χ1) is 8.33. The summed E-state index contributed by atoms with van der Waals surface area (Å²) in [6, 6.07) is 10.1. The van der Waals surface area contributed by atoms with Crippen LogP contribution in [-0.2, 0) is 6.42 Å². The molecule has 0 amide bonds. The van der Waals surface area contributed by atoms with Gasteiger partial charge in [0.2, 0.25) is 0 Å². The highest BCUT2D eigenvalue weighted by Gasteiger charge is 2.33. The number of piperidine rings is 1. The smallest absolute Gasteiger partial charge is 0.119 e. The third-order valence-corrected chi connectivity index (χ3v) is 4.23. The largest absolute Gasteiger partial charge is 0.497 e. The molecule has 1 aromatic rings. The van der Waals surface area contributed by atoms with Crippen LogP contribution in [0.1, 0.15) is 31.2 Å². The molecule has 1 aromatic carbocycles. The van der Waals surface area contributed by atoms with E-state index in [0.29, 0.717) is 0 Å². The van der Waals surface area contributed by atoms with Crippen molar-refractivity contribution in [2.45, 2.75) is 44.2 Å². The van der Waals surface area contributed by atoms with Crippen LogP contribution in [0.5, 0.6) is 5.75 Å². The zero-order chi connectivity index (χ0) is 11.7. The Kier molecular flexibility index (Phi) is 3.06. The molecule has 2 heterocycles. The zero-order valence-electron chi connectivity index (χ0n) is 10.5. The third kappa shape index (κ3) is 2.47. The van der Waals surface area contributed by atoms with Crippen molar-refractivity contribution in [2.75, 3.05) is 7.11 Å². The van der Waals surface area contributed by atoms with Gasteiger partial charge in [0.25, 0.3) is 0 Å². The number of hydrogen-bond acceptors (Lipinski definition) is 2. The van der Waals surface area contributed by atoms with Gasteiger partial charge in [0.15, 0.2) is 0 Å². The average Bonchev–Trinajstić information content (AvgIpc) is 2.69. The molecule has 0 aromatic heterocycles. The van der Waals surface area contributed by atoms with Gasteiger partial charge in [-0.15, -0.1) is 0 Å². The second kappa shape index (κ2) is 4.69. The topological polar surface area (TPSA) is 21.3 Å². The molecule has 1 N–H and O–H groups in total. The van der Waals surface area contributed by atoms with Crippen LogP contribution in [0.2, 0.25) is 0 Å². The van der Waals surface area contributed by atoms with Crippen LogP contribution in [-0.4, -0.2) is 19.2 Å². The van der Waals surface area contributed by atoms with E-state index in [1.807, 2.05) is 6.07 Å². The van der Waals surface area contributed by atoms with E-state index in [0.717, 1.165) is 23.8 Å². The van der Waals surface area contributed by atoms with E-state index in [9.17, 15) is 0 Å². The summed E-state index contributed by atoms with van der Waals surface area (Å²) in [5, 5.41) is 3.70. The van der Waals surface area contributed by atoms with Gasteiger partial charge < -0.3 is 10.1 Å². The second-order valence-electron chi connectivity index (χ2n) is 5.53. The molecule has 17 heavy (non-hydrogen) atoms. The lowest BCUT2D eigenvalue weighted by molar-refractivity contribution is 0.298. The predicted octanol–water partition coefficient (Wildman–Crippen LogP) is 2.77. The van der Waals surface area contributed by atoms with Crippen molar-refractivity contribution >= 4 is 0 Å². The van der Waals surface area contributed by atoms with Crippen molar-refractivity contribution in [3.8, 4) is 5.75 Å². The zero-order valence-corrected chi connectivity index (χ0v) is 10.5. The first-order valence-electron chi connectivity index (χ1n) is 6.72. The van der Waals surface area contributed by atoms with E-state index in [1.165, 1.54) is 37.7 Å². The van der Waals surface area contributed by atoms with Crippen LogP contribution in [0.4, 0.5) is 0 Å². The van der Waals surface area contributed by atoms with E-state index in [-0.39, 0.29) is 0 Å². The minimum atomic E-state index is 0.796. The second-order valence-corrected chi connectivity index (χ2v) is 5.53. The molecule has 2 heteroatoms. The van der Waals surface area contributed by atoms with Crippen LogP contribution in [0.15, 0.2) is 24.3 Å². The summed E-state index contributed by atoms with van der Waals surface area (Å²) in [4.78, 5) is 0. The number of benzene rings is 1. The maximum atomic E-state index is 5.29. The Bertz CT molecular complexity index is 378. The van der Waals surface area contributed by atoms with Gasteiger partial charge >= 0.3 is 0 Å². The van der Waals surface area contributed by atoms with Crippen LogP contribution in [0.3, 0.4) is 0 Å². The Balaban J connectivity index is 1.66. The van der Waals surface area contributed by atoms with Crippen LogP contribution >= 0.6 is 0 Å². The summed E-state index contributed by atoms with van der Waals surface area (Å²) in [6.45, 7) is 0. The lowest BCUT2D eigenvalue weighted by Crippen LogP contribution is -2.38. The SMILES string of the molecule is COc1cccc(CC2CC3CCC(C2)N3)c1. The standard InChI is InChI=1S/C15H21NO/c1-17-15-4-2-3-11(10-15)7-12-8-13-5-6-14(9-12)16-13/h2-4,10,12-14,16H,5-9H2,1H3. The summed E-state index contributed by atoms with van der Waals surface area (Å²) >= 11 is 0. The van der Waals surface area contributed by atoms with E-state index < -0.39 is 0 Å². The summed E-state index contributed by atoms with van der Waals surface area (Å²) in [7, 11) is 1.74. The molecule has 2 nitrogen and oxygen atoms in total. The number of rotatable bonds is 3. The van der Waals surface area contributed by atoms with Crippen molar-refractivity contribution in [3.63, 3.8) is 0 Å². The Labute approximate surface area is 103 Å². The molecule has 2 bridgehead atoms. The van der Waals surface area contributed by atoms with Gasteiger partial charge in [-0.3, -0.25) is 0 Å². The lowest BCUT2D eigenvalue weighted by atomic mass is 9.87. The van der Waals surface area contributed by atoms with Crippen molar-refractivity contribution in [3.05, 3.63) is 29.8 Å². The summed E-state index contributed by atoms with van der Waals surface area (Å²) in [5.74, 6) is 1.85. The van der Waals surface area contributed by atoms with E-state index in [1.54, 1.807) is 7.11 Å². The van der Waals surface area contributed by atoms with Crippen LogP contribution in [0, 0.1) is 5.92 Å². The van der Waals surface area contributed by atoms with Gasteiger partial charge in [0.05, 0.1) is 7.11 Å². The highest BCUT2D eigenvalue weighted by atomic mass is 16.5. The first kappa shape index (κ1) is 11.1. The maximum Gasteiger partial charge on any atom is 0.119 e. The molecular formula is C15H21NO. The number of hydrogen-bond donors (Lipinski definition) is 1. The third-order valence-electron chi connectivity index (χ3n) is 4.23. The van der Waals surface area contributed by atoms with Crippen molar-refractivity contribution in [1.82, 2.24) is 5.32 Å². The average molecular weight is 231 g/mol. The lowest BCUT2D eigenvalue weighted by Gasteiger charge is -2.29. The normalized spacial score (nSPS) is 31.5. The molecule has 0 spiro atoms. The monoisotopic (exact) mass is 231 g/mol. The fraction of sp³-hybridized carbons (Fsp3) is 0.600. The highest BCUT2D eigenvalue weighted by molar-refractivity contribution is 5.28. The van der Waals surface area contributed by atoms with Gasteiger partial charge in [-0.1, -0.05) is 12.1 Å². The predicted molar refractivity (Wildman–Crippen MR) is 69.4 cm³/mol. The molecule has 0 radical (unpaired) electrons. The molecule has 2 fully saturated rings. The first-order valence-corrected chi connectivity index (χ1v) is 6.72. The number of methoxy groups -OCH3 is 1. The molecule has 2 atom stereocenters. The van der Waals surface area contributed by atoms with Crippen molar-refractivity contribution in [2.24, 2.45) is 5.92 Å². The molecule has 0 aliphatic carbocycles. The van der Waals surface area contributed by atoms with Gasteiger partial charge in [-0.2, -0.15) is 0 Å². The number of fused-ring (bicyclic) bond motifs is 2. The highest BCUT2D eigenvalue weighted by Crippen LogP contribution is 2.33. The van der Waals surface area contributed by atoms with Gasteiger partial charge in [0, 0.05) is 12.1 Å². The maximum absolute atomic E-state index is 5.29. The molecule has 2 aliphatic heterocycles. The molecule has 2 saturated heterocycles. The Morgan fingerprint density at radius 2 is 2.00 bits per heavy atom. The molecule has 2 aliphatic rings. The molecule has 0 saturated carbocycles. The van der Waals surface area contributed by atoms with E-state index in [2.05, 4.69) is 23.5 Å². The quantitative estimate of drug-likeness (QED) is 0.863. The summed E-state index contributed by atoms with van der Waals surface area (Å²) < 4.78 is 5.29. The van der Waals surface area contributed by atoms with Gasteiger partial charge in [0.1, 0.15) is 5.75 Å². The Hall–Kier alpha value is -1.02. The van der Waals surface area contributed by atoms with Gasteiger partial charge in [-0.05, 0) is 55.7 Å². The number of nitrogens with one attached hydrogen (secondary N) is 1.